The Balaban J connectivity index is 2.54. The van der Waals surface area contributed by atoms with E-state index in [0.29, 0.717) is 19.7 Å². The van der Waals surface area contributed by atoms with E-state index in [-0.39, 0.29) is 12.0 Å². The molecule has 0 spiro atoms. The molecule has 1 aliphatic rings. The van der Waals surface area contributed by atoms with Gasteiger partial charge in [0.15, 0.2) is 0 Å². The van der Waals surface area contributed by atoms with Gasteiger partial charge in [-0.05, 0) is 46.2 Å². The zero-order valence-electron chi connectivity index (χ0n) is 12.6. The van der Waals surface area contributed by atoms with Gasteiger partial charge < -0.3 is 20.1 Å². The van der Waals surface area contributed by atoms with Crippen LogP contribution in [0, 0.1) is 5.92 Å². The van der Waals surface area contributed by atoms with Crippen molar-refractivity contribution in [1.82, 2.24) is 10.2 Å². The van der Waals surface area contributed by atoms with Crippen LogP contribution in [0.1, 0.15) is 33.6 Å². The molecule has 0 radical (unpaired) electrons. The van der Waals surface area contributed by atoms with Crippen molar-refractivity contribution >= 4 is 5.97 Å². The van der Waals surface area contributed by atoms with E-state index in [1.165, 1.54) is 0 Å². The van der Waals surface area contributed by atoms with E-state index >= 15 is 0 Å². The number of hydrogen-bond donors (Lipinski definition) is 2. The van der Waals surface area contributed by atoms with E-state index < -0.39 is 11.5 Å². The third kappa shape index (κ3) is 4.75. The molecule has 1 unspecified atom stereocenters. The molecule has 5 heteroatoms. The average molecular weight is 272 g/mol. The Morgan fingerprint density at radius 3 is 2.58 bits per heavy atom. The number of nitrogens with zero attached hydrogens (tertiary/aromatic N) is 1. The minimum absolute atomic E-state index is 0.217. The van der Waals surface area contributed by atoms with Gasteiger partial charge in [-0.1, -0.05) is 6.92 Å². The number of nitrogens with one attached hydrogen (secondary N) is 1. The first kappa shape index (κ1) is 16.4. The van der Waals surface area contributed by atoms with E-state index in [1.54, 1.807) is 0 Å². The van der Waals surface area contributed by atoms with E-state index in [0.717, 1.165) is 19.4 Å². The fourth-order valence-corrected chi connectivity index (χ4v) is 2.49. The van der Waals surface area contributed by atoms with Gasteiger partial charge in [-0.3, -0.25) is 4.79 Å². The van der Waals surface area contributed by atoms with Gasteiger partial charge in [0.1, 0.15) is 5.54 Å². The highest BCUT2D eigenvalue weighted by molar-refractivity contribution is 5.80. The van der Waals surface area contributed by atoms with Crippen LogP contribution in [-0.2, 0) is 9.53 Å². The van der Waals surface area contributed by atoms with Crippen LogP contribution < -0.4 is 5.32 Å². The standard InChI is InChI=1S/C14H28N2O3/c1-5-15-14(13(17)18,12-6-7-12)10-16(4)8-9-19-11(2)3/h11-12,15H,5-10H2,1-4H3,(H,17,18). The van der Waals surface area contributed by atoms with Gasteiger partial charge in [0, 0.05) is 13.1 Å². The van der Waals surface area contributed by atoms with E-state index in [1.807, 2.05) is 27.8 Å². The lowest BCUT2D eigenvalue weighted by atomic mass is 9.92. The molecule has 1 atom stereocenters. The molecule has 1 fully saturated rings. The molecule has 19 heavy (non-hydrogen) atoms. The summed E-state index contributed by atoms with van der Waals surface area (Å²) in [5, 5.41) is 12.8. The van der Waals surface area contributed by atoms with Crippen LogP contribution in [-0.4, -0.2) is 60.9 Å². The first-order valence-electron chi connectivity index (χ1n) is 7.21. The predicted molar refractivity (Wildman–Crippen MR) is 75.4 cm³/mol. The first-order valence-corrected chi connectivity index (χ1v) is 7.21. The molecule has 0 aromatic carbocycles. The van der Waals surface area contributed by atoms with Crippen LogP contribution in [0.3, 0.4) is 0 Å². The topological polar surface area (TPSA) is 61.8 Å². The molecule has 0 bridgehead atoms. The van der Waals surface area contributed by atoms with E-state index in [9.17, 15) is 9.90 Å². The van der Waals surface area contributed by atoms with Gasteiger partial charge >= 0.3 is 5.97 Å². The molecule has 2 N–H and O–H groups in total. The van der Waals surface area contributed by atoms with Crippen molar-refractivity contribution in [3.8, 4) is 0 Å². The summed E-state index contributed by atoms with van der Waals surface area (Å²) in [4.78, 5) is 13.7. The normalized spacial score (nSPS) is 18.8. The van der Waals surface area contributed by atoms with Crippen LogP contribution in [0.15, 0.2) is 0 Å². The van der Waals surface area contributed by atoms with Gasteiger partial charge in [0.05, 0.1) is 12.7 Å². The monoisotopic (exact) mass is 272 g/mol. The molecule has 1 rings (SSSR count). The third-order valence-electron chi connectivity index (χ3n) is 3.59. The number of ether oxygens (including phenoxy) is 1. The van der Waals surface area contributed by atoms with Crippen LogP contribution in [0.5, 0.6) is 0 Å². The maximum absolute atomic E-state index is 11.7. The number of aliphatic carboxylic acids is 1. The molecule has 1 aliphatic carbocycles. The van der Waals surface area contributed by atoms with Crippen molar-refractivity contribution in [3.05, 3.63) is 0 Å². The van der Waals surface area contributed by atoms with Crippen molar-refractivity contribution < 1.29 is 14.6 Å². The van der Waals surface area contributed by atoms with E-state index in [4.69, 9.17) is 4.74 Å². The summed E-state index contributed by atoms with van der Waals surface area (Å²) in [5.41, 5.74) is -0.790. The van der Waals surface area contributed by atoms with Gasteiger partial charge in [-0.15, -0.1) is 0 Å². The molecule has 112 valence electrons. The summed E-state index contributed by atoms with van der Waals surface area (Å²) in [5.74, 6) is -0.466. The Morgan fingerprint density at radius 1 is 1.53 bits per heavy atom. The highest BCUT2D eigenvalue weighted by Crippen LogP contribution is 2.40. The van der Waals surface area contributed by atoms with Crippen molar-refractivity contribution in [3.63, 3.8) is 0 Å². The molecule has 0 heterocycles. The molecule has 0 aliphatic heterocycles. The van der Waals surface area contributed by atoms with Crippen LogP contribution >= 0.6 is 0 Å². The number of carboxylic acids is 1. The van der Waals surface area contributed by atoms with Crippen LogP contribution in [0.4, 0.5) is 0 Å². The van der Waals surface area contributed by atoms with Crippen molar-refractivity contribution in [1.29, 1.82) is 0 Å². The van der Waals surface area contributed by atoms with E-state index in [2.05, 4.69) is 10.2 Å². The predicted octanol–water partition coefficient (Wildman–Crippen LogP) is 1.19. The minimum atomic E-state index is -0.790. The van der Waals surface area contributed by atoms with Crippen molar-refractivity contribution in [2.24, 2.45) is 5.92 Å². The molecule has 0 aromatic heterocycles. The summed E-state index contributed by atoms with van der Waals surface area (Å²) >= 11 is 0. The number of hydrogen-bond acceptors (Lipinski definition) is 4. The van der Waals surface area contributed by atoms with Crippen LogP contribution in [0.25, 0.3) is 0 Å². The zero-order chi connectivity index (χ0) is 14.5. The number of likely N-dealkylation sites (N-methyl/N-ethyl adjacent to an activating group) is 2. The SMILES string of the molecule is CCNC(CN(C)CCOC(C)C)(C(=O)O)C1CC1. The summed E-state index contributed by atoms with van der Waals surface area (Å²) in [6, 6.07) is 0. The van der Waals surface area contributed by atoms with Crippen molar-refractivity contribution in [2.75, 3.05) is 33.3 Å². The Bertz CT molecular complexity index is 292. The molecular formula is C14H28N2O3. The smallest absolute Gasteiger partial charge is 0.325 e. The minimum Gasteiger partial charge on any atom is -0.480 e. The quantitative estimate of drug-likeness (QED) is 0.625. The average Bonchev–Trinajstić information content (AvgIpc) is 3.11. The molecule has 5 nitrogen and oxygen atoms in total. The largest absolute Gasteiger partial charge is 0.480 e. The second-order valence-electron chi connectivity index (χ2n) is 5.74. The maximum atomic E-state index is 11.7. The Hall–Kier alpha value is -0.650. The fraction of sp³-hybridized carbons (Fsp3) is 0.929. The lowest BCUT2D eigenvalue weighted by Gasteiger charge is -2.34. The molecule has 0 amide bonds. The molecule has 1 saturated carbocycles. The zero-order valence-corrected chi connectivity index (χ0v) is 12.6. The Labute approximate surface area is 116 Å². The summed E-state index contributed by atoms with van der Waals surface area (Å²) < 4.78 is 5.51. The van der Waals surface area contributed by atoms with Crippen molar-refractivity contribution in [2.45, 2.75) is 45.3 Å². The maximum Gasteiger partial charge on any atom is 0.325 e. The first-order chi connectivity index (χ1) is 8.92. The van der Waals surface area contributed by atoms with Gasteiger partial charge in [-0.25, -0.2) is 0 Å². The summed E-state index contributed by atoms with van der Waals surface area (Å²) in [7, 11) is 1.96. The highest BCUT2D eigenvalue weighted by Gasteiger charge is 2.51. The van der Waals surface area contributed by atoms with Gasteiger partial charge in [0.2, 0.25) is 0 Å². The third-order valence-corrected chi connectivity index (χ3v) is 3.59. The second-order valence-corrected chi connectivity index (χ2v) is 5.74. The number of rotatable bonds is 10. The lowest BCUT2D eigenvalue weighted by molar-refractivity contribution is -0.147. The number of carbonyl (C=O) groups is 1. The van der Waals surface area contributed by atoms with Gasteiger partial charge in [-0.2, -0.15) is 0 Å². The lowest BCUT2D eigenvalue weighted by Crippen LogP contribution is -2.60. The van der Waals surface area contributed by atoms with Crippen LogP contribution in [0.2, 0.25) is 0 Å². The molecular weight excluding hydrogens is 244 g/mol. The molecule has 0 saturated heterocycles. The Kier molecular flexibility index (Phi) is 6.23. The molecule has 0 aromatic rings. The second kappa shape index (κ2) is 7.22. The summed E-state index contributed by atoms with van der Waals surface area (Å²) in [6.07, 6.45) is 2.24. The Morgan fingerprint density at radius 2 is 2.16 bits per heavy atom. The van der Waals surface area contributed by atoms with Gasteiger partial charge in [0.25, 0.3) is 0 Å². The fourth-order valence-electron chi connectivity index (χ4n) is 2.49. The highest BCUT2D eigenvalue weighted by atomic mass is 16.5. The number of carboxylic acid groups (broad SMARTS) is 1. The summed E-state index contributed by atoms with van der Waals surface area (Å²) in [6.45, 7) is 8.57.